The summed E-state index contributed by atoms with van der Waals surface area (Å²) in [5.41, 5.74) is 1.68. The average Bonchev–Trinajstić information content (AvgIpc) is 2.90. The van der Waals surface area contributed by atoms with Gasteiger partial charge in [0.2, 0.25) is 0 Å². The first kappa shape index (κ1) is 26.6. The third-order valence-electron chi connectivity index (χ3n) is 5.17. The lowest BCUT2D eigenvalue weighted by Gasteiger charge is -2.12. The second-order valence-corrected chi connectivity index (χ2v) is 9.21. The van der Waals surface area contributed by atoms with Crippen molar-refractivity contribution < 1.29 is 26.1 Å². The molecule has 194 valence electrons. The van der Waals surface area contributed by atoms with Crippen LogP contribution in [0, 0.1) is 6.92 Å². The van der Waals surface area contributed by atoms with Gasteiger partial charge in [-0.15, -0.1) is 0 Å². The van der Waals surface area contributed by atoms with Gasteiger partial charge in [0.05, 0.1) is 21.8 Å². The van der Waals surface area contributed by atoms with Crippen molar-refractivity contribution in [2.75, 3.05) is 5.32 Å². The minimum absolute atomic E-state index is 0.0741. The van der Waals surface area contributed by atoms with E-state index in [9.17, 15) is 21.6 Å². The molecule has 0 saturated carbocycles. The standard InChI is InChI=1S/C19H13F3N6.C6H6O3S/c1-11-16(14-6-4-12-3-2-8-23-18(12)27-14)25-10-26-17(11)28-15-7-5-13(9-24-15)19(20,21)22;7-10(8,9)6-4-2-1-3-5-6/h2-10H,1H3,(H,24,25,26,28);1-5H,(H,7,8,9). The Labute approximate surface area is 215 Å². The molecule has 2 N–H and O–H groups in total. The molecule has 5 aromatic rings. The summed E-state index contributed by atoms with van der Waals surface area (Å²) in [6.07, 6.45) is -0.635. The highest BCUT2D eigenvalue weighted by atomic mass is 32.2. The van der Waals surface area contributed by atoms with Gasteiger partial charge >= 0.3 is 6.18 Å². The quantitative estimate of drug-likeness (QED) is 0.284. The van der Waals surface area contributed by atoms with Gasteiger partial charge in [-0.25, -0.2) is 24.9 Å². The zero-order chi connectivity index (χ0) is 27.3. The number of hydrogen-bond donors (Lipinski definition) is 2. The van der Waals surface area contributed by atoms with Crippen LogP contribution in [0.25, 0.3) is 22.4 Å². The molecular weight excluding hydrogens is 521 g/mol. The summed E-state index contributed by atoms with van der Waals surface area (Å²) in [6.45, 7) is 1.80. The lowest BCUT2D eigenvalue weighted by atomic mass is 10.1. The summed E-state index contributed by atoms with van der Waals surface area (Å²) in [5.74, 6) is 0.675. The fourth-order valence-electron chi connectivity index (χ4n) is 3.27. The molecule has 0 radical (unpaired) electrons. The number of aromatic nitrogens is 5. The summed E-state index contributed by atoms with van der Waals surface area (Å²) in [4.78, 5) is 21.0. The highest BCUT2D eigenvalue weighted by Crippen LogP contribution is 2.30. The van der Waals surface area contributed by atoms with Crippen molar-refractivity contribution in [2.45, 2.75) is 18.0 Å². The number of hydrogen-bond acceptors (Lipinski definition) is 8. The Kier molecular flexibility index (Phi) is 7.60. The van der Waals surface area contributed by atoms with E-state index in [0.29, 0.717) is 28.4 Å². The number of benzene rings is 1. The van der Waals surface area contributed by atoms with Crippen molar-refractivity contribution >= 4 is 32.8 Å². The summed E-state index contributed by atoms with van der Waals surface area (Å²) in [6, 6.07) is 17.1. The molecule has 4 heterocycles. The highest BCUT2D eigenvalue weighted by Gasteiger charge is 2.30. The molecule has 0 aliphatic carbocycles. The topological polar surface area (TPSA) is 131 Å². The minimum atomic E-state index is -4.43. The van der Waals surface area contributed by atoms with Gasteiger partial charge in [0, 0.05) is 23.3 Å². The maximum Gasteiger partial charge on any atom is 0.417 e. The zero-order valence-corrected chi connectivity index (χ0v) is 20.4. The molecule has 0 aliphatic heterocycles. The molecule has 1 aromatic carbocycles. The highest BCUT2D eigenvalue weighted by molar-refractivity contribution is 7.85. The molecule has 5 rings (SSSR count). The molecule has 0 bridgehead atoms. The second-order valence-electron chi connectivity index (χ2n) is 7.79. The molecule has 0 saturated heterocycles. The molecule has 0 amide bonds. The second kappa shape index (κ2) is 10.9. The molecule has 0 aliphatic rings. The Bertz CT molecular complexity index is 1670. The van der Waals surface area contributed by atoms with Crippen LogP contribution in [0.2, 0.25) is 0 Å². The van der Waals surface area contributed by atoms with Crippen LogP contribution in [0.3, 0.4) is 0 Å². The van der Waals surface area contributed by atoms with Gasteiger partial charge in [-0.2, -0.15) is 21.6 Å². The van der Waals surface area contributed by atoms with Crippen LogP contribution in [0.4, 0.5) is 24.8 Å². The fraction of sp³-hybridized carbons (Fsp3) is 0.0800. The van der Waals surface area contributed by atoms with Crippen LogP contribution < -0.4 is 5.32 Å². The number of halogens is 3. The van der Waals surface area contributed by atoms with Crippen LogP contribution >= 0.6 is 0 Å². The van der Waals surface area contributed by atoms with Crippen molar-refractivity contribution in [1.82, 2.24) is 24.9 Å². The van der Waals surface area contributed by atoms with Gasteiger partial charge in [0.15, 0.2) is 5.65 Å². The third kappa shape index (κ3) is 6.44. The maximum atomic E-state index is 12.7. The number of pyridine rings is 3. The number of anilines is 2. The summed E-state index contributed by atoms with van der Waals surface area (Å²) in [5, 5.41) is 3.83. The molecule has 0 fully saturated rings. The van der Waals surface area contributed by atoms with E-state index in [1.807, 2.05) is 24.3 Å². The number of nitrogens with zero attached hydrogens (tertiary/aromatic N) is 5. The van der Waals surface area contributed by atoms with E-state index in [1.54, 1.807) is 31.3 Å². The van der Waals surface area contributed by atoms with Gasteiger partial charge in [-0.1, -0.05) is 18.2 Å². The molecule has 13 heteroatoms. The average molecular weight is 541 g/mol. The van der Waals surface area contributed by atoms with Gasteiger partial charge in [-0.3, -0.25) is 4.55 Å². The Morgan fingerprint density at radius 3 is 2.26 bits per heavy atom. The first-order chi connectivity index (χ1) is 18.0. The fourth-order valence-corrected chi connectivity index (χ4v) is 3.77. The Morgan fingerprint density at radius 2 is 1.63 bits per heavy atom. The Hall–Kier alpha value is -4.49. The van der Waals surface area contributed by atoms with Gasteiger partial charge in [0.1, 0.15) is 18.0 Å². The predicted octanol–water partition coefficient (Wildman–Crippen LogP) is 5.49. The van der Waals surface area contributed by atoms with Gasteiger partial charge in [-0.05, 0) is 55.5 Å². The monoisotopic (exact) mass is 540 g/mol. The molecule has 0 spiro atoms. The predicted molar refractivity (Wildman–Crippen MR) is 134 cm³/mol. The molecule has 0 atom stereocenters. The van der Waals surface area contributed by atoms with E-state index >= 15 is 0 Å². The van der Waals surface area contributed by atoms with Crippen molar-refractivity contribution in [3.63, 3.8) is 0 Å². The van der Waals surface area contributed by atoms with Crippen LogP contribution in [0.1, 0.15) is 11.1 Å². The van der Waals surface area contributed by atoms with Crippen LogP contribution in [-0.4, -0.2) is 37.9 Å². The molecular formula is C25H19F3N6O3S. The van der Waals surface area contributed by atoms with Crippen LogP contribution in [0.5, 0.6) is 0 Å². The van der Waals surface area contributed by atoms with Crippen LogP contribution in [0.15, 0.2) is 90.3 Å². The van der Waals surface area contributed by atoms with Crippen LogP contribution in [-0.2, 0) is 16.3 Å². The number of rotatable bonds is 4. The zero-order valence-electron chi connectivity index (χ0n) is 19.6. The van der Waals surface area contributed by atoms with Crippen molar-refractivity contribution in [3.8, 4) is 11.4 Å². The van der Waals surface area contributed by atoms with Crippen molar-refractivity contribution in [1.29, 1.82) is 0 Å². The normalized spacial score (nSPS) is 11.5. The van der Waals surface area contributed by atoms with Gasteiger partial charge in [0.25, 0.3) is 10.1 Å². The summed E-state index contributed by atoms with van der Waals surface area (Å²) < 4.78 is 67.2. The van der Waals surface area contributed by atoms with E-state index in [-0.39, 0.29) is 10.7 Å². The van der Waals surface area contributed by atoms with E-state index in [0.717, 1.165) is 17.6 Å². The van der Waals surface area contributed by atoms with E-state index in [1.165, 1.54) is 24.5 Å². The Morgan fingerprint density at radius 1 is 0.868 bits per heavy atom. The lowest BCUT2D eigenvalue weighted by Crippen LogP contribution is -2.06. The molecule has 38 heavy (non-hydrogen) atoms. The minimum Gasteiger partial charge on any atom is -0.325 e. The number of nitrogens with one attached hydrogen (secondary N) is 1. The first-order valence-corrected chi connectivity index (χ1v) is 12.3. The molecule has 4 aromatic heterocycles. The van der Waals surface area contributed by atoms with E-state index in [4.69, 9.17) is 4.55 Å². The largest absolute Gasteiger partial charge is 0.417 e. The molecule has 9 nitrogen and oxygen atoms in total. The SMILES string of the molecule is Cc1c(Nc2ccc(C(F)(F)F)cn2)ncnc1-c1ccc2cccnc2n1.O=S(=O)(O)c1ccccc1. The summed E-state index contributed by atoms with van der Waals surface area (Å²) >= 11 is 0. The van der Waals surface area contributed by atoms with E-state index in [2.05, 4.69) is 30.2 Å². The smallest absolute Gasteiger partial charge is 0.325 e. The van der Waals surface area contributed by atoms with Gasteiger partial charge < -0.3 is 5.32 Å². The van der Waals surface area contributed by atoms with Crippen molar-refractivity contribution in [2.24, 2.45) is 0 Å². The van der Waals surface area contributed by atoms with E-state index < -0.39 is 21.9 Å². The van der Waals surface area contributed by atoms with Crippen molar-refractivity contribution in [3.05, 3.63) is 96.6 Å². The Balaban J connectivity index is 0.000000283. The maximum absolute atomic E-state index is 12.7. The summed E-state index contributed by atoms with van der Waals surface area (Å²) in [7, 11) is -4.00. The number of fused-ring (bicyclic) bond motifs is 1. The lowest BCUT2D eigenvalue weighted by molar-refractivity contribution is -0.137. The third-order valence-corrected chi connectivity index (χ3v) is 6.04. The molecule has 0 unspecified atom stereocenters. The first-order valence-electron chi connectivity index (χ1n) is 10.9. The number of alkyl halides is 3.